The van der Waals surface area contributed by atoms with Gasteiger partial charge in [0.15, 0.2) is 0 Å². The molecule has 4 aromatic rings. The average Bonchev–Trinajstić information content (AvgIpc) is 3.41. The van der Waals surface area contributed by atoms with Gasteiger partial charge in [0.2, 0.25) is 5.95 Å². The Bertz CT molecular complexity index is 1380. The zero-order valence-electron chi connectivity index (χ0n) is 18.9. The van der Waals surface area contributed by atoms with Crippen molar-refractivity contribution >= 4 is 40.8 Å². The van der Waals surface area contributed by atoms with E-state index in [2.05, 4.69) is 25.3 Å². The number of nitrogens with zero attached hydrogens (tertiary/aromatic N) is 4. The lowest BCUT2D eigenvalue weighted by Gasteiger charge is -2.17. The van der Waals surface area contributed by atoms with Gasteiger partial charge < -0.3 is 15.0 Å². The van der Waals surface area contributed by atoms with Crippen molar-refractivity contribution in [1.29, 1.82) is 0 Å². The molecule has 0 aliphatic heterocycles. The van der Waals surface area contributed by atoms with E-state index in [1.165, 1.54) is 18.5 Å². The SMILES string of the molecule is CCOC(=O)c1cnc(NCC(c2ccc([N+](=O)[O-])cn2)c2ccc[nH]2)nc1-c1ccc(Cl)c(Cl)c1. The molecule has 10 nitrogen and oxygen atoms in total. The lowest BCUT2D eigenvalue weighted by atomic mass is 10.0. The van der Waals surface area contributed by atoms with Crippen LogP contribution in [0, 0.1) is 10.1 Å². The second kappa shape index (κ2) is 11.1. The molecule has 1 aromatic carbocycles. The van der Waals surface area contributed by atoms with Gasteiger partial charge in [-0.25, -0.2) is 14.8 Å². The quantitative estimate of drug-likeness (QED) is 0.165. The van der Waals surface area contributed by atoms with Crippen molar-refractivity contribution in [3.8, 4) is 11.3 Å². The van der Waals surface area contributed by atoms with E-state index in [1.54, 1.807) is 37.4 Å². The molecule has 4 rings (SSSR count). The van der Waals surface area contributed by atoms with Crippen LogP contribution in [0.2, 0.25) is 10.0 Å². The summed E-state index contributed by atoms with van der Waals surface area (Å²) in [6.45, 7) is 2.21. The number of rotatable bonds is 9. The zero-order valence-corrected chi connectivity index (χ0v) is 20.5. The highest BCUT2D eigenvalue weighted by Gasteiger charge is 2.21. The van der Waals surface area contributed by atoms with Gasteiger partial charge in [0, 0.05) is 36.3 Å². The van der Waals surface area contributed by atoms with Crippen molar-refractivity contribution in [2.45, 2.75) is 12.8 Å². The number of hydrogen-bond donors (Lipinski definition) is 2. The van der Waals surface area contributed by atoms with Crippen LogP contribution < -0.4 is 5.32 Å². The third-order valence-corrected chi connectivity index (χ3v) is 6.02. The summed E-state index contributed by atoms with van der Waals surface area (Å²) in [5.74, 6) is -0.602. The predicted molar refractivity (Wildman–Crippen MR) is 135 cm³/mol. The number of carbonyl (C=O) groups excluding carboxylic acids is 1. The molecule has 36 heavy (non-hydrogen) atoms. The summed E-state index contributed by atoms with van der Waals surface area (Å²) in [5.41, 5.74) is 2.44. The van der Waals surface area contributed by atoms with Gasteiger partial charge in [-0.3, -0.25) is 15.1 Å². The van der Waals surface area contributed by atoms with Crippen LogP contribution in [-0.2, 0) is 4.74 Å². The Morgan fingerprint density at radius 1 is 1.17 bits per heavy atom. The maximum Gasteiger partial charge on any atom is 0.341 e. The Kier molecular flexibility index (Phi) is 7.77. The van der Waals surface area contributed by atoms with Gasteiger partial charge in [-0.15, -0.1) is 0 Å². The minimum atomic E-state index is -0.565. The molecule has 1 unspecified atom stereocenters. The van der Waals surface area contributed by atoms with Gasteiger partial charge in [0.25, 0.3) is 5.69 Å². The van der Waals surface area contributed by atoms with E-state index in [0.717, 1.165) is 5.69 Å². The van der Waals surface area contributed by atoms with Crippen LogP contribution in [0.5, 0.6) is 0 Å². The molecule has 0 saturated heterocycles. The number of nitro groups is 1. The fourth-order valence-electron chi connectivity index (χ4n) is 3.53. The van der Waals surface area contributed by atoms with E-state index in [-0.39, 0.29) is 29.7 Å². The molecule has 0 bridgehead atoms. The first-order valence-corrected chi connectivity index (χ1v) is 11.6. The second-order valence-corrected chi connectivity index (χ2v) is 8.38. The Balaban J connectivity index is 1.65. The lowest BCUT2D eigenvalue weighted by molar-refractivity contribution is -0.385. The van der Waals surface area contributed by atoms with Crippen LogP contribution in [0.4, 0.5) is 11.6 Å². The highest BCUT2D eigenvalue weighted by Crippen LogP contribution is 2.30. The molecule has 0 amide bonds. The summed E-state index contributed by atoms with van der Waals surface area (Å²) < 4.78 is 5.16. The van der Waals surface area contributed by atoms with Crippen LogP contribution in [0.15, 0.2) is 61.1 Å². The molecule has 3 heterocycles. The number of pyridine rings is 1. The van der Waals surface area contributed by atoms with Gasteiger partial charge in [-0.2, -0.15) is 0 Å². The number of halogens is 2. The molecular formula is C24H20Cl2N6O4. The maximum atomic E-state index is 12.5. The van der Waals surface area contributed by atoms with Crippen LogP contribution >= 0.6 is 23.2 Å². The van der Waals surface area contributed by atoms with Gasteiger partial charge in [0.1, 0.15) is 11.8 Å². The largest absolute Gasteiger partial charge is 0.462 e. The first-order valence-electron chi connectivity index (χ1n) is 10.8. The number of nitrogens with one attached hydrogen (secondary N) is 2. The molecule has 0 aliphatic carbocycles. The molecule has 2 N–H and O–H groups in total. The Hall–Kier alpha value is -4.02. The lowest BCUT2D eigenvalue weighted by Crippen LogP contribution is -2.18. The molecule has 0 aliphatic rings. The molecule has 12 heteroatoms. The Morgan fingerprint density at radius 3 is 2.64 bits per heavy atom. The predicted octanol–water partition coefficient (Wildman–Crippen LogP) is 5.50. The number of aromatic nitrogens is 4. The average molecular weight is 527 g/mol. The van der Waals surface area contributed by atoms with E-state index in [0.29, 0.717) is 33.5 Å². The number of hydrogen-bond acceptors (Lipinski definition) is 8. The molecule has 184 valence electrons. The smallest absolute Gasteiger partial charge is 0.341 e. The Morgan fingerprint density at radius 2 is 2.00 bits per heavy atom. The molecule has 0 spiro atoms. The van der Waals surface area contributed by atoms with Crippen LogP contribution in [0.3, 0.4) is 0 Å². The highest BCUT2D eigenvalue weighted by atomic mass is 35.5. The molecule has 0 saturated carbocycles. The van der Waals surface area contributed by atoms with E-state index in [9.17, 15) is 14.9 Å². The topological polar surface area (TPSA) is 136 Å². The fourth-order valence-corrected chi connectivity index (χ4v) is 3.83. The summed E-state index contributed by atoms with van der Waals surface area (Å²) in [6, 6.07) is 11.7. The van der Waals surface area contributed by atoms with Crippen molar-refractivity contribution in [3.05, 3.63) is 98.2 Å². The molecule has 0 fully saturated rings. The normalized spacial score (nSPS) is 11.6. The molecule has 1 atom stereocenters. The first kappa shape index (κ1) is 25.1. The number of esters is 1. The van der Waals surface area contributed by atoms with E-state index in [4.69, 9.17) is 27.9 Å². The summed E-state index contributed by atoms with van der Waals surface area (Å²) in [5, 5.41) is 14.9. The van der Waals surface area contributed by atoms with Crippen LogP contribution in [0.25, 0.3) is 11.3 Å². The number of aromatic amines is 1. The Labute approximate surface area is 215 Å². The van der Waals surface area contributed by atoms with E-state index in [1.807, 2.05) is 12.1 Å². The minimum Gasteiger partial charge on any atom is -0.462 e. The van der Waals surface area contributed by atoms with Crippen molar-refractivity contribution < 1.29 is 14.5 Å². The van der Waals surface area contributed by atoms with Crippen LogP contribution in [0.1, 0.15) is 34.6 Å². The van der Waals surface area contributed by atoms with Gasteiger partial charge in [-0.05, 0) is 37.3 Å². The number of carbonyl (C=O) groups is 1. The number of H-pyrrole nitrogens is 1. The summed E-state index contributed by atoms with van der Waals surface area (Å²) in [4.78, 5) is 39.3. The number of ether oxygens (including phenoxy) is 1. The third kappa shape index (κ3) is 5.61. The summed E-state index contributed by atoms with van der Waals surface area (Å²) in [6.07, 6.45) is 4.39. The van der Waals surface area contributed by atoms with Gasteiger partial charge in [-0.1, -0.05) is 29.3 Å². The number of anilines is 1. The third-order valence-electron chi connectivity index (χ3n) is 5.28. The summed E-state index contributed by atoms with van der Waals surface area (Å²) >= 11 is 12.3. The van der Waals surface area contributed by atoms with Crippen LogP contribution in [-0.4, -0.2) is 44.0 Å². The number of benzene rings is 1. The van der Waals surface area contributed by atoms with Gasteiger partial charge >= 0.3 is 5.97 Å². The standard InChI is InChI=1S/C24H20Cl2N6O4/c1-2-36-23(33)17-13-30-24(31-22(17)14-5-7-18(25)19(26)10-14)29-12-16(20-4-3-9-27-20)21-8-6-15(11-28-21)32(34)35/h3-11,13,16,27H,2,12H2,1H3,(H,29,30,31). The maximum absolute atomic E-state index is 12.5. The molecule has 0 radical (unpaired) electrons. The van der Waals surface area contributed by atoms with E-state index >= 15 is 0 Å². The minimum absolute atomic E-state index is 0.0962. The highest BCUT2D eigenvalue weighted by molar-refractivity contribution is 6.42. The van der Waals surface area contributed by atoms with Crippen molar-refractivity contribution in [1.82, 2.24) is 19.9 Å². The van der Waals surface area contributed by atoms with E-state index < -0.39 is 10.9 Å². The monoisotopic (exact) mass is 526 g/mol. The fraction of sp³-hybridized carbons (Fsp3) is 0.167. The van der Waals surface area contributed by atoms with Crippen molar-refractivity contribution in [3.63, 3.8) is 0 Å². The van der Waals surface area contributed by atoms with Gasteiger partial charge in [0.05, 0.1) is 38.9 Å². The first-order chi connectivity index (χ1) is 17.4. The summed E-state index contributed by atoms with van der Waals surface area (Å²) in [7, 11) is 0. The second-order valence-electron chi connectivity index (χ2n) is 7.56. The van der Waals surface area contributed by atoms with Crippen molar-refractivity contribution in [2.75, 3.05) is 18.5 Å². The molecule has 3 aromatic heterocycles. The zero-order chi connectivity index (χ0) is 25.7. The van der Waals surface area contributed by atoms with Crippen molar-refractivity contribution in [2.24, 2.45) is 0 Å². The molecular weight excluding hydrogens is 507 g/mol.